The molecule has 0 fully saturated rings. The maximum Gasteiger partial charge on any atom is 0.332 e. The van der Waals surface area contributed by atoms with Crippen LogP contribution in [0.1, 0.15) is 0 Å². The summed E-state index contributed by atoms with van der Waals surface area (Å²) in [5.74, 6) is 0. The third kappa shape index (κ3) is 1.58. The lowest BCUT2D eigenvalue weighted by atomic mass is 10.5. The minimum atomic E-state index is -0.434. The predicted molar refractivity (Wildman–Crippen MR) is 64.3 cm³/mol. The Morgan fingerprint density at radius 1 is 1.29 bits per heavy atom. The van der Waals surface area contributed by atoms with Gasteiger partial charge in [0.15, 0.2) is 11.2 Å². The SMILES string of the molecule is Cn1c(=O)c2c(nc(Cl)n2CCN)n(C)c1=O. The van der Waals surface area contributed by atoms with Crippen LogP contribution in [0.2, 0.25) is 5.28 Å². The summed E-state index contributed by atoms with van der Waals surface area (Å²) in [6, 6.07) is 0. The van der Waals surface area contributed by atoms with Gasteiger partial charge in [0, 0.05) is 27.2 Å². The maximum atomic E-state index is 12.0. The molecule has 0 aromatic carbocycles. The highest BCUT2D eigenvalue weighted by molar-refractivity contribution is 6.29. The average molecular weight is 258 g/mol. The minimum absolute atomic E-state index is 0.156. The van der Waals surface area contributed by atoms with Gasteiger partial charge >= 0.3 is 5.69 Å². The van der Waals surface area contributed by atoms with Crippen LogP contribution < -0.4 is 17.0 Å². The summed E-state index contributed by atoms with van der Waals surface area (Å²) < 4.78 is 3.82. The Balaban J connectivity index is 3.02. The van der Waals surface area contributed by atoms with Crippen molar-refractivity contribution in [1.29, 1.82) is 0 Å². The smallest absolute Gasteiger partial charge is 0.329 e. The molecule has 0 radical (unpaired) electrons. The number of aromatic nitrogens is 4. The van der Waals surface area contributed by atoms with Crippen LogP contribution in [0.3, 0.4) is 0 Å². The van der Waals surface area contributed by atoms with Crippen molar-refractivity contribution in [3.8, 4) is 0 Å². The number of hydrogen-bond donors (Lipinski definition) is 1. The van der Waals surface area contributed by atoms with Gasteiger partial charge in [-0.15, -0.1) is 0 Å². The third-order valence-electron chi connectivity index (χ3n) is 2.65. The van der Waals surface area contributed by atoms with E-state index in [0.29, 0.717) is 18.6 Å². The normalized spacial score (nSPS) is 11.3. The molecule has 0 spiro atoms. The molecule has 0 aliphatic rings. The minimum Gasteiger partial charge on any atom is -0.329 e. The van der Waals surface area contributed by atoms with E-state index in [1.807, 2.05) is 0 Å². The van der Waals surface area contributed by atoms with Crippen molar-refractivity contribution in [3.05, 3.63) is 26.1 Å². The van der Waals surface area contributed by atoms with Crippen molar-refractivity contribution in [1.82, 2.24) is 18.7 Å². The van der Waals surface area contributed by atoms with E-state index >= 15 is 0 Å². The standard InChI is InChI=1S/C9H12ClN5O2/c1-13-6-5(7(16)14(2)9(13)17)15(4-3-11)8(10)12-6/h3-4,11H2,1-2H3. The molecular formula is C9H12ClN5O2. The Labute approximate surface area is 101 Å². The lowest BCUT2D eigenvalue weighted by molar-refractivity contribution is 0.690. The summed E-state index contributed by atoms with van der Waals surface area (Å²) in [6.07, 6.45) is 0. The Hall–Kier alpha value is -1.60. The van der Waals surface area contributed by atoms with Crippen LogP contribution in [0.15, 0.2) is 9.59 Å². The number of rotatable bonds is 2. The van der Waals surface area contributed by atoms with Gasteiger partial charge in [0.1, 0.15) is 0 Å². The molecule has 2 aromatic heterocycles. The van der Waals surface area contributed by atoms with E-state index in [0.717, 1.165) is 4.57 Å². The fourth-order valence-corrected chi connectivity index (χ4v) is 2.00. The second kappa shape index (κ2) is 4.01. The first-order valence-corrected chi connectivity index (χ1v) is 5.38. The molecule has 17 heavy (non-hydrogen) atoms. The number of halogens is 1. The van der Waals surface area contributed by atoms with Crippen LogP contribution in [0.4, 0.5) is 0 Å². The van der Waals surface area contributed by atoms with Gasteiger partial charge in [0.05, 0.1) is 0 Å². The topological polar surface area (TPSA) is 87.8 Å². The number of nitrogens with two attached hydrogens (primary N) is 1. The number of nitrogens with zero attached hydrogens (tertiary/aromatic N) is 4. The van der Waals surface area contributed by atoms with Gasteiger partial charge in [-0.05, 0) is 11.6 Å². The van der Waals surface area contributed by atoms with E-state index in [1.54, 1.807) is 7.05 Å². The molecule has 7 nitrogen and oxygen atoms in total. The summed E-state index contributed by atoms with van der Waals surface area (Å²) in [5, 5.41) is 0.156. The van der Waals surface area contributed by atoms with Gasteiger partial charge in [-0.1, -0.05) is 0 Å². The fourth-order valence-electron chi connectivity index (χ4n) is 1.75. The van der Waals surface area contributed by atoms with E-state index in [4.69, 9.17) is 17.3 Å². The largest absolute Gasteiger partial charge is 0.332 e. The van der Waals surface area contributed by atoms with Crippen LogP contribution in [-0.4, -0.2) is 25.2 Å². The second-order valence-corrected chi connectivity index (χ2v) is 4.04. The van der Waals surface area contributed by atoms with E-state index in [-0.39, 0.29) is 10.9 Å². The van der Waals surface area contributed by atoms with Gasteiger partial charge in [-0.3, -0.25) is 13.9 Å². The summed E-state index contributed by atoms with van der Waals surface area (Å²) >= 11 is 5.93. The van der Waals surface area contributed by atoms with Gasteiger partial charge < -0.3 is 10.3 Å². The second-order valence-electron chi connectivity index (χ2n) is 3.70. The zero-order chi connectivity index (χ0) is 12.7. The molecule has 92 valence electrons. The summed E-state index contributed by atoms with van der Waals surface area (Å²) in [4.78, 5) is 27.7. The molecule has 0 amide bonds. The Morgan fingerprint density at radius 3 is 2.53 bits per heavy atom. The van der Waals surface area contributed by atoms with Crippen molar-refractivity contribution in [2.75, 3.05) is 6.54 Å². The number of aryl methyl sites for hydroxylation is 1. The monoisotopic (exact) mass is 257 g/mol. The van der Waals surface area contributed by atoms with Crippen LogP contribution >= 0.6 is 11.6 Å². The van der Waals surface area contributed by atoms with Crippen molar-refractivity contribution in [3.63, 3.8) is 0 Å². The van der Waals surface area contributed by atoms with E-state index in [1.165, 1.54) is 16.2 Å². The van der Waals surface area contributed by atoms with Gasteiger partial charge in [0.2, 0.25) is 5.28 Å². The molecule has 0 aliphatic heterocycles. The van der Waals surface area contributed by atoms with E-state index in [9.17, 15) is 9.59 Å². The first kappa shape index (κ1) is 11.9. The average Bonchev–Trinajstić information content (AvgIpc) is 2.62. The molecule has 0 bridgehead atoms. The molecule has 8 heteroatoms. The van der Waals surface area contributed by atoms with Crippen molar-refractivity contribution >= 4 is 22.8 Å². The molecule has 2 heterocycles. The molecule has 0 unspecified atom stereocenters. The van der Waals surface area contributed by atoms with Crippen molar-refractivity contribution in [2.24, 2.45) is 19.8 Å². The van der Waals surface area contributed by atoms with Gasteiger partial charge in [0.25, 0.3) is 5.56 Å². The van der Waals surface area contributed by atoms with E-state index in [2.05, 4.69) is 4.98 Å². The zero-order valence-electron chi connectivity index (χ0n) is 9.47. The highest BCUT2D eigenvalue weighted by Gasteiger charge is 2.17. The van der Waals surface area contributed by atoms with Gasteiger partial charge in [-0.2, -0.15) is 4.98 Å². The van der Waals surface area contributed by atoms with E-state index < -0.39 is 11.2 Å². The molecule has 2 aromatic rings. The number of fused-ring (bicyclic) bond motifs is 1. The maximum absolute atomic E-state index is 12.0. The zero-order valence-corrected chi connectivity index (χ0v) is 10.2. The van der Waals surface area contributed by atoms with Crippen LogP contribution in [0.25, 0.3) is 11.2 Å². The lowest BCUT2D eigenvalue weighted by Gasteiger charge is -2.05. The predicted octanol–water partition coefficient (Wildman–Crippen LogP) is -0.954. The highest BCUT2D eigenvalue weighted by atomic mass is 35.5. The molecular weight excluding hydrogens is 246 g/mol. The first-order valence-electron chi connectivity index (χ1n) is 5.00. The van der Waals surface area contributed by atoms with Crippen LogP contribution in [-0.2, 0) is 20.6 Å². The first-order chi connectivity index (χ1) is 7.99. The van der Waals surface area contributed by atoms with Crippen molar-refractivity contribution in [2.45, 2.75) is 6.54 Å². The number of hydrogen-bond acceptors (Lipinski definition) is 4. The molecule has 2 rings (SSSR count). The molecule has 0 atom stereocenters. The third-order valence-corrected chi connectivity index (χ3v) is 2.94. The summed E-state index contributed by atoms with van der Waals surface area (Å²) in [7, 11) is 2.96. The molecule has 0 aliphatic carbocycles. The molecule has 0 saturated carbocycles. The highest BCUT2D eigenvalue weighted by Crippen LogP contribution is 2.14. The quantitative estimate of drug-likeness (QED) is 0.703. The Bertz CT molecular complexity index is 696. The van der Waals surface area contributed by atoms with Gasteiger partial charge in [-0.25, -0.2) is 4.79 Å². The Morgan fingerprint density at radius 2 is 1.94 bits per heavy atom. The number of imidazole rings is 1. The molecule has 2 N–H and O–H groups in total. The fraction of sp³-hybridized carbons (Fsp3) is 0.444. The summed E-state index contributed by atoms with van der Waals surface area (Å²) in [6.45, 7) is 0.708. The Kier molecular flexibility index (Phi) is 2.80. The van der Waals surface area contributed by atoms with Crippen LogP contribution in [0, 0.1) is 0 Å². The van der Waals surface area contributed by atoms with Crippen molar-refractivity contribution < 1.29 is 0 Å². The summed E-state index contributed by atoms with van der Waals surface area (Å²) in [5.41, 5.74) is 5.17. The van der Waals surface area contributed by atoms with Crippen LogP contribution in [0.5, 0.6) is 0 Å². The molecule has 0 saturated heterocycles. The lowest BCUT2D eigenvalue weighted by Crippen LogP contribution is -2.37.